The van der Waals surface area contributed by atoms with Gasteiger partial charge in [-0.2, -0.15) is 23.5 Å². The minimum Gasteiger partial charge on any atom is -0.214 e. The molecular formula is C8H16ClNO2S3. The maximum Gasteiger partial charge on any atom is 0.211 e. The van der Waals surface area contributed by atoms with Crippen LogP contribution in [-0.4, -0.2) is 49.1 Å². The van der Waals surface area contributed by atoms with Gasteiger partial charge in [0.05, 0.1) is 5.75 Å². The molecule has 1 aliphatic rings. The SMILES string of the molecule is O=S(=O)(CCCCl)NCC1CSCCS1. The molecule has 1 heterocycles. The predicted molar refractivity (Wildman–Crippen MR) is 70.7 cm³/mol. The Labute approximate surface area is 105 Å². The minimum atomic E-state index is -3.10. The number of hydrogen-bond donors (Lipinski definition) is 1. The van der Waals surface area contributed by atoms with Crippen LogP contribution in [0.3, 0.4) is 0 Å². The van der Waals surface area contributed by atoms with Gasteiger partial charge in [-0.1, -0.05) is 0 Å². The molecule has 1 saturated heterocycles. The second kappa shape index (κ2) is 7.27. The minimum absolute atomic E-state index is 0.140. The quantitative estimate of drug-likeness (QED) is 0.751. The topological polar surface area (TPSA) is 46.2 Å². The van der Waals surface area contributed by atoms with Crippen molar-refractivity contribution in [2.24, 2.45) is 0 Å². The van der Waals surface area contributed by atoms with Gasteiger partial charge in [0.1, 0.15) is 0 Å². The van der Waals surface area contributed by atoms with Crippen molar-refractivity contribution >= 4 is 45.1 Å². The van der Waals surface area contributed by atoms with Crippen molar-refractivity contribution in [1.29, 1.82) is 0 Å². The van der Waals surface area contributed by atoms with Crippen LogP contribution in [0, 0.1) is 0 Å². The fourth-order valence-electron chi connectivity index (χ4n) is 1.19. The monoisotopic (exact) mass is 289 g/mol. The van der Waals surface area contributed by atoms with E-state index in [-0.39, 0.29) is 5.75 Å². The van der Waals surface area contributed by atoms with E-state index >= 15 is 0 Å². The average molecular weight is 290 g/mol. The number of halogens is 1. The van der Waals surface area contributed by atoms with Crippen molar-refractivity contribution in [2.75, 3.05) is 35.4 Å². The van der Waals surface area contributed by atoms with Crippen molar-refractivity contribution in [3.8, 4) is 0 Å². The zero-order valence-corrected chi connectivity index (χ0v) is 11.7. The summed E-state index contributed by atoms with van der Waals surface area (Å²) in [5, 5.41) is 0.425. The van der Waals surface area contributed by atoms with Crippen LogP contribution < -0.4 is 4.72 Å². The zero-order valence-electron chi connectivity index (χ0n) is 8.45. The highest BCUT2D eigenvalue weighted by molar-refractivity contribution is 8.06. The summed E-state index contributed by atoms with van der Waals surface area (Å²) in [6.45, 7) is 0.558. The molecular weight excluding hydrogens is 274 g/mol. The Balaban J connectivity index is 2.22. The summed E-state index contributed by atoms with van der Waals surface area (Å²) in [6.07, 6.45) is 0.517. The lowest BCUT2D eigenvalue weighted by atomic mass is 10.5. The standard InChI is InChI=1S/C8H16ClNO2S3/c9-2-1-5-15(11,12)10-6-8-7-13-3-4-14-8/h8,10H,1-7H2. The first-order valence-corrected chi connectivity index (χ1v) is 9.26. The van der Waals surface area contributed by atoms with E-state index in [4.69, 9.17) is 11.6 Å². The molecule has 1 aliphatic heterocycles. The first-order valence-electron chi connectivity index (χ1n) is 4.87. The Morgan fingerprint density at radius 2 is 2.20 bits per heavy atom. The van der Waals surface area contributed by atoms with E-state index in [2.05, 4.69) is 4.72 Å². The molecule has 0 bridgehead atoms. The van der Waals surface area contributed by atoms with Gasteiger partial charge in [-0.05, 0) is 6.42 Å². The summed E-state index contributed by atoms with van der Waals surface area (Å²) in [7, 11) is -3.10. The van der Waals surface area contributed by atoms with E-state index in [0.29, 0.717) is 24.1 Å². The second-order valence-corrected chi connectivity index (χ2v) is 8.14. The summed E-state index contributed by atoms with van der Waals surface area (Å²) in [4.78, 5) is 0. The average Bonchev–Trinajstić information content (AvgIpc) is 2.25. The molecule has 0 aromatic carbocycles. The number of rotatable bonds is 6. The van der Waals surface area contributed by atoms with Gasteiger partial charge in [-0.15, -0.1) is 11.6 Å². The Morgan fingerprint density at radius 3 is 2.80 bits per heavy atom. The molecule has 0 aromatic rings. The van der Waals surface area contributed by atoms with Crippen LogP contribution in [0.25, 0.3) is 0 Å². The van der Waals surface area contributed by atoms with E-state index in [1.165, 1.54) is 5.75 Å². The van der Waals surface area contributed by atoms with Crippen molar-refractivity contribution in [3.63, 3.8) is 0 Å². The van der Waals surface area contributed by atoms with Gasteiger partial charge in [0.2, 0.25) is 10.0 Å². The van der Waals surface area contributed by atoms with Crippen molar-refractivity contribution in [3.05, 3.63) is 0 Å². The smallest absolute Gasteiger partial charge is 0.211 e. The summed E-state index contributed by atoms with van der Waals surface area (Å²) >= 11 is 9.21. The van der Waals surface area contributed by atoms with Crippen LogP contribution in [0.2, 0.25) is 0 Å². The molecule has 0 spiro atoms. The summed E-state index contributed by atoms with van der Waals surface area (Å²) in [5.41, 5.74) is 0. The zero-order chi connectivity index (χ0) is 11.1. The highest BCUT2D eigenvalue weighted by Gasteiger charge is 2.17. The number of nitrogens with one attached hydrogen (secondary N) is 1. The third kappa shape index (κ3) is 6.26. The van der Waals surface area contributed by atoms with Gasteiger partial charge in [-0.3, -0.25) is 0 Å². The van der Waals surface area contributed by atoms with Gasteiger partial charge in [0.25, 0.3) is 0 Å². The van der Waals surface area contributed by atoms with E-state index in [9.17, 15) is 8.42 Å². The highest BCUT2D eigenvalue weighted by atomic mass is 35.5. The lowest BCUT2D eigenvalue weighted by Crippen LogP contribution is -2.34. The highest BCUT2D eigenvalue weighted by Crippen LogP contribution is 2.23. The summed E-state index contributed by atoms with van der Waals surface area (Å²) in [6, 6.07) is 0. The fraction of sp³-hybridized carbons (Fsp3) is 1.00. The molecule has 1 atom stereocenters. The lowest BCUT2D eigenvalue weighted by molar-refractivity contribution is 0.580. The fourth-order valence-corrected chi connectivity index (χ4v) is 5.32. The number of hydrogen-bond acceptors (Lipinski definition) is 4. The molecule has 15 heavy (non-hydrogen) atoms. The molecule has 0 amide bonds. The number of alkyl halides is 1. The van der Waals surface area contributed by atoms with E-state index < -0.39 is 10.0 Å². The van der Waals surface area contributed by atoms with Crippen LogP contribution in [0.1, 0.15) is 6.42 Å². The molecule has 1 rings (SSSR count). The van der Waals surface area contributed by atoms with Crippen LogP contribution in [0.15, 0.2) is 0 Å². The van der Waals surface area contributed by atoms with Crippen molar-refractivity contribution in [2.45, 2.75) is 11.7 Å². The van der Waals surface area contributed by atoms with Gasteiger partial charge in [0.15, 0.2) is 0 Å². The molecule has 7 heteroatoms. The Hall–Kier alpha value is 0.900. The Morgan fingerprint density at radius 1 is 1.40 bits per heavy atom. The normalized spacial score (nSPS) is 22.9. The van der Waals surface area contributed by atoms with E-state index in [0.717, 1.165) is 11.5 Å². The Bertz CT molecular complexity index is 265. The van der Waals surface area contributed by atoms with Crippen LogP contribution in [0.5, 0.6) is 0 Å². The summed E-state index contributed by atoms with van der Waals surface area (Å²) < 4.78 is 25.5. The van der Waals surface area contributed by atoms with Crippen LogP contribution >= 0.6 is 35.1 Å². The van der Waals surface area contributed by atoms with Gasteiger partial charge in [-0.25, -0.2) is 13.1 Å². The number of sulfonamides is 1. The molecule has 0 aromatic heterocycles. The Kier molecular flexibility index (Phi) is 6.77. The molecule has 0 radical (unpaired) electrons. The maximum atomic E-state index is 11.4. The van der Waals surface area contributed by atoms with E-state index in [1.807, 2.05) is 23.5 Å². The summed E-state index contributed by atoms with van der Waals surface area (Å²) in [5.74, 6) is 3.89. The third-order valence-corrected chi connectivity index (χ3v) is 6.51. The van der Waals surface area contributed by atoms with Crippen molar-refractivity contribution < 1.29 is 8.42 Å². The molecule has 90 valence electrons. The molecule has 1 fully saturated rings. The number of thioether (sulfide) groups is 2. The molecule has 3 nitrogen and oxygen atoms in total. The van der Waals surface area contributed by atoms with Gasteiger partial charge in [0, 0.05) is 34.9 Å². The second-order valence-electron chi connectivity index (χ2n) is 3.28. The molecule has 1 N–H and O–H groups in total. The van der Waals surface area contributed by atoms with Crippen molar-refractivity contribution in [1.82, 2.24) is 4.72 Å². The molecule has 0 aliphatic carbocycles. The lowest BCUT2D eigenvalue weighted by Gasteiger charge is -2.20. The van der Waals surface area contributed by atoms with Crippen LogP contribution in [0.4, 0.5) is 0 Å². The third-order valence-electron chi connectivity index (χ3n) is 1.96. The van der Waals surface area contributed by atoms with Gasteiger partial charge < -0.3 is 0 Å². The predicted octanol–water partition coefficient (Wildman–Crippen LogP) is 1.38. The largest absolute Gasteiger partial charge is 0.214 e. The first-order chi connectivity index (χ1) is 7.14. The van der Waals surface area contributed by atoms with Gasteiger partial charge >= 0.3 is 0 Å². The maximum absolute atomic E-state index is 11.4. The molecule has 0 saturated carbocycles. The van der Waals surface area contributed by atoms with E-state index in [1.54, 1.807) is 0 Å². The van der Waals surface area contributed by atoms with Crippen LogP contribution in [-0.2, 0) is 10.0 Å². The molecule has 1 unspecified atom stereocenters. The first kappa shape index (κ1) is 14.0.